The molecule has 0 saturated carbocycles. The van der Waals surface area contributed by atoms with Gasteiger partial charge in [0.15, 0.2) is 17.5 Å². The van der Waals surface area contributed by atoms with Gasteiger partial charge in [0.1, 0.15) is 0 Å². The van der Waals surface area contributed by atoms with Crippen molar-refractivity contribution in [1.29, 1.82) is 0 Å². The molecule has 1 aliphatic heterocycles. The number of hydrogen-bond donors (Lipinski definition) is 1. The second-order valence-electron chi connectivity index (χ2n) is 7.20. The first-order chi connectivity index (χ1) is 13.0. The number of aryl methyl sites for hydroxylation is 1. The zero-order valence-corrected chi connectivity index (χ0v) is 17.8. The molecule has 1 heterocycles. The van der Waals surface area contributed by atoms with Gasteiger partial charge in [-0.15, -0.1) is 0 Å². The van der Waals surface area contributed by atoms with Crippen LogP contribution in [0, 0.1) is 6.92 Å². The van der Waals surface area contributed by atoms with E-state index in [9.17, 15) is 0 Å². The molecule has 6 heteroatoms. The van der Waals surface area contributed by atoms with Gasteiger partial charge in [-0.3, -0.25) is 9.89 Å². The molecule has 1 aromatic rings. The van der Waals surface area contributed by atoms with Crippen LogP contribution in [0.4, 0.5) is 0 Å². The second-order valence-corrected chi connectivity index (χ2v) is 7.20. The van der Waals surface area contributed by atoms with Crippen molar-refractivity contribution in [3.8, 4) is 11.5 Å². The molecule has 152 valence electrons. The van der Waals surface area contributed by atoms with Gasteiger partial charge in [0.25, 0.3) is 0 Å². The number of methoxy groups -OCH3 is 2. The normalized spacial score (nSPS) is 18.3. The number of aliphatic imine (C=N–C) groups is 1. The lowest BCUT2D eigenvalue weighted by atomic mass is 10.0. The Labute approximate surface area is 164 Å². The Morgan fingerprint density at radius 2 is 1.96 bits per heavy atom. The Hall–Kier alpha value is -1.95. The maximum absolute atomic E-state index is 5.46. The molecule has 0 bridgehead atoms. The Balaban J connectivity index is 2.01. The van der Waals surface area contributed by atoms with E-state index < -0.39 is 0 Å². The van der Waals surface area contributed by atoms with Crippen molar-refractivity contribution in [3.05, 3.63) is 23.3 Å². The van der Waals surface area contributed by atoms with Crippen LogP contribution in [0.25, 0.3) is 0 Å². The minimum Gasteiger partial charge on any atom is -0.493 e. The molecule has 1 saturated heterocycles. The number of nitrogens with one attached hydrogen (secondary N) is 1. The SMILES string of the molecule is CCN1CCCCC1CNC(=NC)N(C)Cc1cc(OC)c(OC)cc1C. The van der Waals surface area contributed by atoms with Gasteiger partial charge in [-0.25, -0.2) is 0 Å². The van der Waals surface area contributed by atoms with Gasteiger partial charge in [-0.05, 0) is 56.1 Å². The van der Waals surface area contributed by atoms with E-state index >= 15 is 0 Å². The molecule has 0 radical (unpaired) electrons. The number of likely N-dealkylation sites (N-methyl/N-ethyl adjacent to an activating group) is 1. The maximum Gasteiger partial charge on any atom is 0.193 e. The van der Waals surface area contributed by atoms with Crippen LogP contribution in [0.2, 0.25) is 0 Å². The quantitative estimate of drug-likeness (QED) is 0.586. The van der Waals surface area contributed by atoms with Crippen LogP contribution in [0.1, 0.15) is 37.3 Å². The number of nitrogens with zero attached hydrogens (tertiary/aromatic N) is 3. The van der Waals surface area contributed by atoms with E-state index in [4.69, 9.17) is 9.47 Å². The van der Waals surface area contributed by atoms with E-state index in [1.165, 1.54) is 36.9 Å². The van der Waals surface area contributed by atoms with Gasteiger partial charge in [0.05, 0.1) is 14.2 Å². The molecular weight excluding hydrogens is 340 g/mol. The van der Waals surface area contributed by atoms with Gasteiger partial charge in [-0.1, -0.05) is 13.3 Å². The summed E-state index contributed by atoms with van der Waals surface area (Å²) < 4.78 is 10.8. The first kappa shape index (κ1) is 21.4. The van der Waals surface area contributed by atoms with Gasteiger partial charge in [0.2, 0.25) is 0 Å². The summed E-state index contributed by atoms with van der Waals surface area (Å²) in [7, 11) is 7.26. The molecule has 0 spiro atoms. The average molecular weight is 377 g/mol. The number of benzene rings is 1. The predicted molar refractivity (Wildman–Crippen MR) is 112 cm³/mol. The topological polar surface area (TPSA) is 49.3 Å². The lowest BCUT2D eigenvalue weighted by Gasteiger charge is -2.35. The first-order valence-electron chi connectivity index (χ1n) is 9.91. The maximum atomic E-state index is 5.46. The fraction of sp³-hybridized carbons (Fsp3) is 0.667. The molecule has 0 aliphatic carbocycles. The lowest BCUT2D eigenvalue weighted by molar-refractivity contribution is 0.156. The number of rotatable bonds is 7. The molecule has 1 atom stereocenters. The standard InChI is InChI=1S/C21H36N4O2/c1-7-25-11-9-8-10-18(25)14-23-21(22-3)24(4)15-17-13-20(27-6)19(26-5)12-16(17)2/h12-13,18H,7-11,14-15H2,1-6H3,(H,22,23). The number of ether oxygens (including phenoxy) is 2. The number of piperidine rings is 1. The Kier molecular flexibility index (Phi) is 8.23. The van der Waals surface area contributed by atoms with Crippen molar-refractivity contribution in [2.24, 2.45) is 4.99 Å². The Bertz CT molecular complexity index is 633. The van der Waals surface area contributed by atoms with E-state index in [-0.39, 0.29) is 0 Å². The van der Waals surface area contributed by atoms with Crippen molar-refractivity contribution >= 4 is 5.96 Å². The third-order valence-electron chi connectivity index (χ3n) is 5.47. The molecule has 1 aromatic carbocycles. The largest absolute Gasteiger partial charge is 0.493 e. The predicted octanol–water partition coefficient (Wildman–Crippen LogP) is 2.89. The summed E-state index contributed by atoms with van der Waals surface area (Å²) in [4.78, 5) is 9.21. The monoisotopic (exact) mass is 376 g/mol. The van der Waals surface area contributed by atoms with Crippen molar-refractivity contribution < 1.29 is 9.47 Å². The third-order valence-corrected chi connectivity index (χ3v) is 5.47. The van der Waals surface area contributed by atoms with Crippen molar-refractivity contribution in [2.75, 3.05) is 47.9 Å². The molecule has 1 aliphatic rings. The first-order valence-corrected chi connectivity index (χ1v) is 9.91. The van der Waals surface area contributed by atoms with Crippen LogP contribution in [-0.2, 0) is 6.54 Å². The summed E-state index contributed by atoms with van der Waals surface area (Å²) in [5.41, 5.74) is 2.38. The third kappa shape index (κ3) is 5.51. The summed E-state index contributed by atoms with van der Waals surface area (Å²) in [6, 6.07) is 4.67. The minimum atomic E-state index is 0.594. The molecule has 0 aromatic heterocycles. The van der Waals surface area contributed by atoms with Crippen molar-refractivity contribution in [1.82, 2.24) is 15.1 Å². The van der Waals surface area contributed by atoms with Gasteiger partial charge < -0.3 is 19.7 Å². The van der Waals surface area contributed by atoms with Crippen LogP contribution in [0.5, 0.6) is 11.5 Å². The molecule has 2 rings (SSSR count). The zero-order chi connectivity index (χ0) is 19.8. The van der Waals surface area contributed by atoms with Crippen LogP contribution in [-0.4, -0.2) is 69.8 Å². The van der Waals surface area contributed by atoms with E-state index in [1.54, 1.807) is 14.2 Å². The lowest BCUT2D eigenvalue weighted by Crippen LogP contribution is -2.49. The molecule has 1 unspecified atom stereocenters. The molecule has 6 nitrogen and oxygen atoms in total. The number of likely N-dealkylation sites (tertiary alicyclic amines) is 1. The highest BCUT2D eigenvalue weighted by molar-refractivity contribution is 5.79. The highest BCUT2D eigenvalue weighted by atomic mass is 16.5. The van der Waals surface area contributed by atoms with E-state index in [1.807, 2.05) is 13.1 Å². The molecule has 0 amide bonds. The summed E-state index contributed by atoms with van der Waals surface area (Å²) in [6.45, 7) is 8.37. The highest BCUT2D eigenvalue weighted by Crippen LogP contribution is 2.30. The van der Waals surface area contributed by atoms with E-state index in [0.29, 0.717) is 6.04 Å². The van der Waals surface area contributed by atoms with Crippen molar-refractivity contribution in [2.45, 2.75) is 45.7 Å². The molecular formula is C21H36N4O2. The number of guanidine groups is 1. The zero-order valence-electron chi connectivity index (χ0n) is 17.8. The van der Waals surface area contributed by atoms with Gasteiger partial charge >= 0.3 is 0 Å². The van der Waals surface area contributed by atoms with Crippen LogP contribution < -0.4 is 14.8 Å². The van der Waals surface area contributed by atoms with Gasteiger partial charge in [-0.2, -0.15) is 0 Å². The van der Waals surface area contributed by atoms with Crippen LogP contribution in [0.3, 0.4) is 0 Å². The van der Waals surface area contributed by atoms with E-state index in [0.717, 1.165) is 37.1 Å². The minimum absolute atomic E-state index is 0.594. The second kappa shape index (κ2) is 10.4. The molecule has 1 N–H and O–H groups in total. The summed E-state index contributed by atoms with van der Waals surface area (Å²) in [5.74, 6) is 2.45. The Morgan fingerprint density at radius 1 is 1.26 bits per heavy atom. The van der Waals surface area contributed by atoms with Crippen LogP contribution >= 0.6 is 0 Å². The smallest absolute Gasteiger partial charge is 0.193 e. The number of hydrogen-bond acceptors (Lipinski definition) is 4. The van der Waals surface area contributed by atoms with Gasteiger partial charge in [0, 0.05) is 33.2 Å². The molecule has 1 fully saturated rings. The Morgan fingerprint density at radius 3 is 2.59 bits per heavy atom. The summed E-state index contributed by atoms with van der Waals surface area (Å²) in [5, 5.41) is 3.57. The van der Waals surface area contributed by atoms with E-state index in [2.05, 4.69) is 47.1 Å². The molecule has 27 heavy (non-hydrogen) atoms. The fourth-order valence-electron chi connectivity index (χ4n) is 3.82. The van der Waals surface area contributed by atoms with Crippen molar-refractivity contribution in [3.63, 3.8) is 0 Å². The fourth-order valence-corrected chi connectivity index (χ4v) is 3.82. The summed E-state index contributed by atoms with van der Waals surface area (Å²) >= 11 is 0. The van der Waals surface area contributed by atoms with Crippen LogP contribution in [0.15, 0.2) is 17.1 Å². The summed E-state index contributed by atoms with van der Waals surface area (Å²) in [6.07, 6.45) is 3.90. The average Bonchev–Trinajstić information content (AvgIpc) is 2.69. The highest BCUT2D eigenvalue weighted by Gasteiger charge is 2.21.